The summed E-state index contributed by atoms with van der Waals surface area (Å²) in [4.78, 5) is 11.6. The number of carbonyl (C=O) groups excluding carboxylic acids is 1. The van der Waals surface area contributed by atoms with Crippen LogP contribution in [0.15, 0.2) is 36.4 Å². The number of benzene rings is 2. The van der Waals surface area contributed by atoms with E-state index in [2.05, 4.69) is 10.1 Å². The first-order valence-corrected chi connectivity index (χ1v) is 6.45. The molecule has 0 aromatic heterocycles. The van der Waals surface area contributed by atoms with E-state index in [0.717, 1.165) is 0 Å². The molecule has 3 nitrogen and oxygen atoms in total. The van der Waals surface area contributed by atoms with E-state index in [1.54, 1.807) is 0 Å². The average molecular weight is 312 g/mol. The van der Waals surface area contributed by atoms with Gasteiger partial charge < -0.3 is 10.1 Å². The largest absolute Gasteiger partial charge is 0.465 e. The van der Waals surface area contributed by atoms with Crippen molar-refractivity contribution in [1.82, 2.24) is 0 Å². The van der Waals surface area contributed by atoms with Crippen LogP contribution in [0.4, 0.5) is 14.5 Å². The second-order valence-electron chi connectivity index (χ2n) is 4.24. The van der Waals surface area contributed by atoms with Gasteiger partial charge in [-0.05, 0) is 30.3 Å². The molecule has 110 valence electrons. The first-order chi connectivity index (χ1) is 10.0. The van der Waals surface area contributed by atoms with Gasteiger partial charge in [0.1, 0.15) is 11.6 Å². The van der Waals surface area contributed by atoms with Crippen LogP contribution in [0.25, 0.3) is 0 Å². The topological polar surface area (TPSA) is 38.3 Å². The number of hydrogen-bond donors (Lipinski definition) is 1. The van der Waals surface area contributed by atoms with Gasteiger partial charge in [0.15, 0.2) is 0 Å². The molecule has 0 radical (unpaired) electrons. The standard InChI is InChI=1S/C15H12ClF2NO2/c1-21-15(20)10-6-5-9(16)7-14(10)19-8-11-12(17)3-2-4-13(11)18/h2-7,19H,8H2,1H3. The Morgan fingerprint density at radius 2 is 1.90 bits per heavy atom. The van der Waals surface area contributed by atoms with Gasteiger partial charge in [0, 0.05) is 17.1 Å². The molecule has 0 atom stereocenters. The van der Waals surface area contributed by atoms with E-state index in [4.69, 9.17) is 11.6 Å². The van der Waals surface area contributed by atoms with E-state index in [-0.39, 0.29) is 17.7 Å². The summed E-state index contributed by atoms with van der Waals surface area (Å²) < 4.78 is 31.8. The molecule has 0 aliphatic heterocycles. The number of hydrogen-bond acceptors (Lipinski definition) is 3. The number of halogens is 3. The van der Waals surface area contributed by atoms with Crippen LogP contribution >= 0.6 is 11.6 Å². The Labute approximate surface area is 125 Å². The highest BCUT2D eigenvalue weighted by Gasteiger charge is 2.14. The number of carbonyl (C=O) groups is 1. The highest BCUT2D eigenvalue weighted by atomic mass is 35.5. The maximum absolute atomic E-state index is 13.6. The lowest BCUT2D eigenvalue weighted by molar-refractivity contribution is 0.0602. The summed E-state index contributed by atoms with van der Waals surface area (Å²) in [5.74, 6) is -1.89. The third-order valence-electron chi connectivity index (χ3n) is 2.90. The molecule has 2 rings (SSSR count). The van der Waals surface area contributed by atoms with Crippen LogP contribution in [0, 0.1) is 11.6 Å². The van der Waals surface area contributed by atoms with E-state index in [0.29, 0.717) is 10.7 Å². The Morgan fingerprint density at radius 1 is 1.24 bits per heavy atom. The molecule has 0 saturated heterocycles. The SMILES string of the molecule is COC(=O)c1ccc(Cl)cc1NCc1c(F)cccc1F. The third kappa shape index (κ3) is 3.49. The average Bonchev–Trinajstić information content (AvgIpc) is 2.46. The molecule has 0 heterocycles. The van der Waals surface area contributed by atoms with Crippen LogP contribution in [-0.4, -0.2) is 13.1 Å². The van der Waals surface area contributed by atoms with Crippen molar-refractivity contribution in [3.63, 3.8) is 0 Å². The van der Waals surface area contributed by atoms with Crippen LogP contribution in [0.3, 0.4) is 0 Å². The van der Waals surface area contributed by atoms with Gasteiger partial charge in [-0.3, -0.25) is 0 Å². The Kier molecular flexibility index (Phi) is 4.75. The van der Waals surface area contributed by atoms with Crippen LogP contribution in [0.1, 0.15) is 15.9 Å². The first kappa shape index (κ1) is 15.3. The van der Waals surface area contributed by atoms with E-state index in [1.165, 1.54) is 43.5 Å². The van der Waals surface area contributed by atoms with Gasteiger partial charge in [-0.2, -0.15) is 0 Å². The van der Waals surface area contributed by atoms with Crippen molar-refractivity contribution in [3.05, 3.63) is 64.2 Å². The lowest BCUT2D eigenvalue weighted by Gasteiger charge is -2.12. The van der Waals surface area contributed by atoms with Gasteiger partial charge in [-0.25, -0.2) is 13.6 Å². The number of rotatable bonds is 4. The van der Waals surface area contributed by atoms with Crippen LogP contribution in [0.2, 0.25) is 5.02 Å². The van der Waals surface area contributed by atoms with E-state index in [9.17, 15) is 13.6 Å². The van der Waals surface area contributed by atoms with Gasteiger partial charge >= 0.3 is 5.97 Å². The van der Waals surface area contributed by atoms with E-state index >= 15 is 0 Å². The Bertz CT molecular complexity index is 656. The maximum atomic E-state index is 13.6. The van der Waals surface area contributed by atoms with Crippen LogP contribution in [0.5, 0.6) is 0 Å². The zero-order chi connectivity index (χ0) is 15.4. The quantitative estimate of drug-likeness (QED) is 0.867. The van der Waals surface area contributed by atoms with Crippen molar-refractivity contribution in [3.8, 4) is 0 Å². The molecular weight excluding hydrogens is 300 g/mol. The summed E-state index contributed by atoms with van der Waals surface area (Å²) >= 11 is 5.87. The molecule has 0 spiro atoms. The molecule has 2 aromatic carbocycles. The minimum absolute atomic E-state index is 0.117. The molecule has 0 aliphatic carbocycles. The molecule has 2 aromatic rings. The number of anilines is 1. The smallest absolute Gasteiger partial charge is 0.339 e. The molecule has 0 bridgehead atoms. The second kappa shape index (κ2) is 6.54. The number of esters is 1. The molecule has 1 N–H and O–H groups in total. The van der Waals surface area contributed by atoms with Crippen molar-refractivity contribution >= 4 is 23.3 Å². The first-order valence-electron chi connectivity index (χ1n) is 6.07. The van der Waals surface area contributed by atoms with Crippen LogP contribution < -0.4 is 5.32 Å². The molecule has 21 heavy (non-hydrogen) atoms. The van der Waals surface area contributed by atoms with E-state index < -0.39 is 17.6 Å². The predicted molar refractivity (Wildman–Crippen MR) is 76.5 cm³/mol. The van der Waals surface area contributed by atoms with Crippen molar-refractivity contribution in [2.75, 3.05) is 12.4 Å². The van der Waals surface area contributed by atoms with Gasteiger partial charge in [0.25, 0.3) is 0 Å². The molecule has 0 unspecified atom stereocenters. The molecular formula is C15H12ClF2NO2. The third-order valence-corrected chi connectivity index (χ3v) is 3.14. The van der Waals surface area contributed by atoms with Crippen molar-refractivity contribution in [2.24, 2.45) is 0 Å². The van der Waals surface area contributed by atoms with E-state index in [1.807, 2.05) is 0 Å². The zero-order valence-corrected chi connectivity index (χ0v) is 11.9. The fourth-order valence-electron chi connectivity index (χ4n) is 1.84. The van der Waals surface area contributed by atoms with Gasteiger partial charge in [-0.15, -0.1) is 0 Å². The minimum atomic E-state index is -0.663. The fourth-order valence-corrected chi connectivity index (χ4v) is 2.01. The lowest BCUT2D eigenvalue weighted by Crippen LogP contribution is -2.10. The maximum Gasteiger partial charge on any atom is 0.339 e. The number of ether oxygens (including phenoxy) is 1. The monoisotopic (exact) mass is 311 g/mol. The van der Waals surface area contributed by atoms with Crippen molar-refractivity contribution in [1.29, 1.82) is 0 Å². The summed E-state index contributed by atoms with van der Waals surface area (Å²) in [5.41, 5.74) is 0.462. The van der Waals surface area contributed by atoms with Crippen molar-refractivity contribution in [2.45, 2.75) is 6.54 Å². The zero-order valence-electron chi connectivity index (χ0n) is 11.1. The molecule has 0 aliphatic rings. The Morgan fingerprint density at radius 3 is 2.52 bits per heavy atom. The van der Waals surface area contributed by atoms with Crippen molar-refractivity contribution < 1.29 is 18.3 Å². The summed E-state index contributed by atoms with van der Waals surface area (Å²) in [6, 6.07) is 8.12. The predicted octanol–water partition coefficient (Wildman–Crippen LogP) is 4.02. The molecule has 0 amide bonds. The highest BCUT2D eigenvalue weighted by Crippen LogP contribution is 2.23. The molecule has 0 saturated carbocycles. The van der Waals surface area contributed by atoms with Gasteiger partial charge in [0.05, 0.1) is 18.4 Å². The van der Waals surface area contributed by atoms with Gasteiger partial charge in [-0.1, -0.05) is 17.7 Å². The summed E-state index contributed by atoms with van der Waals surface area (Å²) in [7, 11) is 1.25. The number of nitrogens with one attached hydrogen (secondary N) is 1. The molecule has 0 fully saturated rings. The highest BCUT2D eigenvalue weighted by molar-refractivity contribution is 6.31. The second-order valence-corrected chi connectivity index (χ2v) is 4.67. The van der Waals surface area contributed by atoms with Gasteiger partial charge in [0.2, 0.25) is 0 Å². The minimum Gasteiger partial charge on any atom is -0.465 e. The normalized spacial score (nSPS) is 10.3. The fraction of sp³-hybridized carbons (Fsp3) is 0.133. The summed E-state index contributed by atoms with van der Waals surface area (Å²) in [5, 5.41) is 3.19. The van der Waals surface area contributed by atoms with Crippen LogP contribution in [-0.2, 0) is 11.3 Å². The number of methoxy groups -OCH3 is 1. The summed E-state index contributed by atoms with van der Waals surface area (Å²) in [6.07, 6.45) is 0. The lowest BCUT2D eigenvalue weighted by atomic mass is 10.1. The summed E-state index contributed by atoms with van der Waals surface area (Å²) in [6.45, 7) is -0.122. The molecule has 6 heteroatoms. The Hall–Kier alpha value is -2.14. The Balaban J connectivity index is 2.27.